The zero-order chi connectivity index (χ0) is 60.4. The molecule has 5 heteroatoms. The van der Waals surface area contributed by atoms with Crippen molar-refractivity contribution in [2.24, 2.45) is 0 Å². The number of hydrogen-bond acceptors (Lipinski definition) is 4. The molecule has 0 bridgehead atoms. The van der Waals surface area contributed by atoms with Gasteiger partial charge < -0.3 is 14.6 Å². The van der Waals surface area contributed by atoms with Gasteiger partial charge in [-0.3, -0.25) is 0 Å². The van der Waals surface area contributed by atoms with E-state index in [9.17, 15) is 0 Å². The average Bonchev–Trinajstić information content (AvgIpc) is 1.72. The Morgan fingerprint density at radius 1 is 0.424 bits per heavy atom. The van der Waals surface area contributed by atoms with E-state index in [0.717, 1.165) is 60.9 Å². The summed E-state index contributed by atoms with van der Waals surface area (Å²) in [6, 6.07) is 37.6. The molecule has 3 nitrogen and oxygen atoms in total. The summed E-state index contributed by atoms with van der Waals surface area (Å²) < 4.78 is 10.2. The van der Waals surface area contributed by atoms with E-state index in [4.69, 9.17) is 4.42 Å². The van der Waals surface area contributed by atoms with Crippen LogP contribution in [0.2, 0.25) is 0 Å². The van der Waals surface area contributed by atoms with E-state index < -0.39 is 0 Å². The maximum Gasteiger partial charge on any atom is 0.211 e. The van der Waals surface area contributed by atoms with Crippen LogP contribution in [0.1, 0.15) is 229 Å². The van der Waals surface area contributed by atoms with Crippen molar-refractivity contribution in [3.05, 3.63) is 158 Å². The molecule has 0 spiro atoms. The van der Waals surface area contributed by atoms with Crippen molar-refractivity contribution >= 4 is 89.3 Å². The molecule has 0 amide bonds. The van der Waals surface area contributed by atoms with Gasteiger partial charge in [-0.1, -0.05) is 141 Å². The zero-order valence-corrected chi connectivity index (χ0v) is 56.1. The first kappa shape index (κ1) is 56.8. The molecule has 1 N–H and O–H groups in total. The predicted molar refractivity (Wildman–Crippen MR) is 371 cm³/mol. The lowest BCUT2D eigenvalue weighted by atomic mass is 9.60. The number of hydrogen-bond donors (Lipinski definition) is 1. The van der Waals surface area contributed by atoms with Crippen molar-refractivity contribution < 1.29 is 4.42 Å². The molecule has 5 aliphatic rings. The number of aryl methyl sites for hydroxylation is 4. The Morgan fingerprint density at radius 3 is 1.47 bits per heavy atom. The molecule has 7 aromatic carbocycles. The Labute approximate surface area is 514 Å². The molecule has 3 heterocycles. The summed E-state index contributed by atoms with van der Waals surface area (Å²) in [5.74, 6) is 0. The van der Waals surface area contributed by atoms with E-state index in [1.165, 1.54) is 157 Å². The largest absolute Gasteiger partial charge is 0.456 e. The normalized spacial score (nSPS) is 20.4. The van der Waals surface area contributed by atoms with E-state index >= 15 is 0 Å². The van der Waals surface area contributed by atoms with Crippen LogP contribution in [-0.2, 0) is 43.3 Å². The van der Waals surface area contributed by atoms with Gasteiger partial charge in [0.05, 0.1) is 5.69 Å². The van der Waals surface area contributed by atoms with Crippen molar-refractivity contribution in [2.75, 3.05) is 10.2 Å². The van der Waals surface area contributed by atoms with Crippen molar-refractivity contribution in [1.29, 1.82) is 0 Å². The van der Waals surface area contributed by atoms with Gasteiger partial charge in [0, 0.05) is 49.2 Å². The minimum Gasteiger partial charge on any atom is -0.456 e. The molecular weight excluding hydrogens is 1050 g/mol. The van der Waals surface area contributed by atoms with Crippen LogP contribution in [0.4, 0.5) is 28.4 Å². The topological polar surface area (TPSA) is 28.4 Å². The Morgan fingerprint density at radius 2 is 0.894 bits per heavy atom. The number of benzene rings is 7. The Bertz CT molecular complexity index is 4350. The third-order valence-corrected chi connectivity index (χ3v) is 24.3. The number of anilines is 5. The quantitative estimate of drug-likeness (QED) is 0.174. The van der Waals surface area contributed by atoms with Gasteiger partial charge in [0.25, 0.3) is 0 Å². The minimum absolute atomic E-state index is 0.0261. The first-order chi connectivity index (χ1) is 39.6. The van der Waals surface area contributed by atoms with Gasteiger partial charge in [-0.25, -0.2) is 0 Å². The van der Waals surface area contributed by atoms with Crippen LogP contribution in [0.25, 0.3) is 54.3 Å². The second kappa shape index (κ2) is 18.3. The molecule has 0 radical (unpaired) electrons. The van der Waals surface area contributed by atoms with Gasteiger partial charge in [0.2, 0.25) is 7.28 Å². The molecule has 0 atom stereocenters. The lowest BCUT2D eigenvalue weighted by Crippen LogP contribution is -2.40. The highest BCUT2D eigenvalue weighted by molar-refractivity contribution is 7.29. The monoisotopic (exact) mass is 1140 g/mol. The highest BCUT2D eigenvalue weighted by Gasteiger charge is 2.44. The molecule has 14 rings (SSSR count). The molecule has 85 heavy (non-hydrogen) atoms. The summed E-state index contributed by atoms with van der Waals surface area (Å²) in [5, 5.41) is 8.01. The van der Waals surface area contributed by atoms with Crippen LogP contribution in [0.5, 0.6) is 0 Å². The number of nitrogens with zero attached hydrogens (tertiary/aromatic N) is 1. The number of rotatable bonds is 5. The summed E-state index contributed by atoms with van der Waals surface area (Å²) >= 11 is 2.04. The molecule has 2 aromatic heterocycles. The fourth-order valence-corrected chi connectivity index (χ4v) is 18.4. The molecule has 0 fully saturated rings. The number of nitrogens with one attached hydrogen (secondary N) is 1. The molecule has 0 saturated carbocycles. The smallest absolute Gasteiger partial charge is 0.211 e. The summed E-state index contributed by atoms with van der Waals surface area (Å²) in [7, 11) is 0.818. The predicted octanol–water partition coefficient (Wildman–Crippen LogP) is 21.7. The second-order valence-electron chi connectivity index (χ2n) is 33.1. The van der Waals surface area contributed by atoms with Crippen molar-refractivity contribution in [2.45, 2.75) is 233 Å². The average molecular weight is 1140 g/mol. The summed E-state index contributed by atoms with van der Waals surface area (Å²) in [6.07, 6.45) is 9.38. The van der Waals surface area contributed by atoms with E-state index in [1.54, 1.807) is 0 Å². The maximum absolute atomic E-state index is 7.32. The highest BCUT2D eigenvalue weighted by Crippen LogP contribution is 2.56. The van der Waals surface area contributed by atoms with E-state index in [1.807, 2.05) is 11.3 Å². The molecule has 438 valence electrons. The fraction of sp³-hybridized carbons (Fsp3) is 0.450. The lowest BCUT2D eigenvalue weighted by Gasteiger charge is -2.44. The third-order valence-electron chi connectivity index (χ3n) is 23.1. The first-order valence-corrected chi connectivity index (χ1v) is 33.3. The van der Waals surface area contributed by atoms with E-state index in [0.29, 0.717) is 0 Å². The lowest BCUT2D eigenvalue weighted by molar-refractivity contribution is 0.332. The maximum atomic E-state index is 7.32. The standard InChI is InChI=1S/C80H93BN2OS/c1-44-31-46(3)69(47(4)32-44)48-34-53(50-40-66-52(51-37-58-61(42-67(51)84-66)79(17,18)29-26-76(58,11)12)39-63(50)82-49-21-22-55-57(36-49)75(9,10)24-23-73(55,5)6)70-65(35-48)83(64-41-60-56(33-45(64)2)74(7,8)25-28-78(60,15)16)71-54-38-59-62(43-68(54)85-72(71)81-70)80(19,20)30-27-77(59,13)14/h21-22,31-43,81-82H,23-30H2,1-20H3. The number of furan rings is 1. The number of thiophene rings is 1. The van der Waals surface area contributed by atoms with Gasteiger partial charge >= 0.3 is 0 Å². The number of fused-ring (bicyclic) bond motifs is 11. The Hall–Kier alpha value is -6.04. The zero-order valence-electron chi connectivity index (χ0n) is 55.3. The van der Waals surface area contributed by atoms with Crippen LogP contribution in [0.15, 0.2) is 95.4 Å². The SMILES string of the molecule is Cc1cc(C)c(-c2cc(-c3cc4oc5cc6c(cc5c4cc3Nc3ccc4c(c3)C(C)(C)CCC4(C)C)C(C)(C)CCC6(C)C)c3c(c2)N(c2cc4c(cc2C)C(C)(C)CCC4(C)C)c2c(sc4cc5c(cc24)C(C)(C)CCC5(C)C)B3)c(C)c1. The van der Waals surface area contributed by atoms with Gasteiger partial charge in [0.15, 0.2) is 0 Å². The summed E-state index contributed by atoms with van der Waals surface area (Å²) in [5.41, 5.74) is 32.1. The van der Waals surface area contributed by atoms with E-state index in [-0.39, 0.29) is 43.3 Å². The molecule has 4 aliphatic carbocycles. The van der Waals surface area contributed by atoms with Crippen LogP contribution in [0.3, 0.4) is 0 Å². The molecule has 1 aliphatic heterocycles. The Balaban J connectivity index is 1.10. The first-order valence-electron chi connectivity index (χ1n) is 32.4. The van der Waals surface area contributed by atoms with Crippen LogP contribution >= 0.6 is 11.3 Å². The molecule has 9 aromatic rings. The van der Waals surface area contributed by atoms with Gasteiger partial charge in [0.1, 0.15) is 11.2 Å². The molecular formula is C80H93BN2OS. The highest BCUT2D eigenvalue weighted by atomic mass is 32.1. The summed E-state index contributed by atoms with van der Waals surface area (Å²) in [4.78, 5) is 2.79. The fourth-order valence-electron chi connectivity index (χ4n) is 17.1. The van der Waals surface area contributed by atoms with Crippen LogP contribution < -0.4 is 20.5 Å². The summed E-state index contributed by atoms with van der Waals surface area (Å²) in [6.45, 7) is 48.7. The van der Waals surface area contributed by atoms with Gasteiger partial charge in [-0.05, 0) is 277 Å². The molecule has 0 saturated heterocycles. The molecule has 0 unspecified atom stereocenters. The van der Waals surface area contributed by atoms with Crippen LogP contribution in [-0.4, -0.2) is 7.28 Å². The van der Waals surface area contributed by atoms with Crippen molar-refractivity contribution in [3.63, 3.8) is 0 Å². The van der Waals surface area contributed by atoms with Gasteiger partial charge in [-0.15, -0.1) is 11.3 Å². The van der Waals surface area contributed by atoms with E-state index in [2.05, 4.69) is 240 Å². The van der Waals surface area contributed by atoms with Crippen LogP contribution in [0, 0.1) is 27.7 Å². The Kier molecular flexibility index (Phi) is 12.2. The minimum atomic E-state index is 0.0261. The third kappa shape index (κ3) is 8.73. The van der Waals surface area contributed by atoms with Crippen molar-refractivity contribution in [1.82, 2.24) is 0 Å². The van der Waals surface area contributed by atoms with Crippen molar-refractivity contribution in [3.8, 4) is 22.3 Å². The second-order valence-corrected chi connectivity index (χ2v) is 34.2. The van der Waals surface area contributed by atoms with Gasteiger partial charge in [-0.2, -0.15) is 0 Å².